The van der Waals surface area contributed by atoms with Gasteiger partial charge < -0.3 is 15.4 Å². The summed E-state index contributed by atoms with van der Waals surface area (Å²) in [5, 5.41) is 6.20. The van der Waals surface area contributed by atoms with Gasteiger partial charge in [-0.2, -0.15) is 0 Å². The van der Waals surface area contributed by atoms with E-state index in [0.29, 0.717) is 0 Å². The van der Waals surface area contributed by atoms with Gasteiger partial charge in [0.05, 0.1) is 17.7 Å². The van der Waals surface area contributed by atoms with Gasteiger partial charge in [-0.05, 0) is 39.5 Å². The number of carbonyl (C=O) groups excluding carboxylic acids is 1. The molecule has 92 valence electrons. The molecule has 2 heterocycles. The zero-order valence-electron chi connectivity index (χ0n) is 10.2. The number of piperidine rings is 1. The fourth-order valence-electron chi connectivity index (χ4n) is 2.46. The van der Waals surface area contributed by atoms with E-state index in [2.05, 4.69) is 24.5 Å². The summed E-state index contributed by atoms with van der Waals surface area (Å²) >= 11 is 0. The van der Waals surface area contributed by atoms with Gasteiger partial charge in [-0.25, -0.2) is 0 Å². The molecule has 2 atom stereocenters. The molecule has 2 N–H and O–H groups in total. The second-order valence-electron chi connectivity index (χ2n) is 5.43. The highest BCUT2D eigenvalue weighted by molar-refractivity contribution is 5.82. The SMILES string of the molecule is CC1(C)CCC(CNC2CCCNC2=O)O1. The van der Waals surface area contributed by atoms with Crippen molar-refractivity contribution in [2.75, 3.05) is 13.1 Å². The van der Waals surface area contributed by atoms with Crippen molar-refractivity contribution in [1.82, 2.24) is 10.6 Å². The monoisotopic (exact) mass is 226 g/mol. The van der Waals surface area contributed by atoms with Gasteiger partial charge in [0, 0.05) is 13.1 Å². The van der Waals surface area contributed by atoms with E-state index in [9.17, 15) is 4.79 Å². The minimum atomic E-state index is -0.0129. The maximum atomic E-state index is 11.5. The van der Waals surface area contributed by atoms with Gasteiger partial charge >= 0.3 is 0 Å². The Kier molecular flexibility index (Phi) is 3.50. The number of hydrogen-bond acceptors (Lipinski definition) is 3. The van der Waals surface area contributed by atoms with Gasteiger partial charge in [0.2, 0.25) is 5.91 Å². The smallest absolute Gasteiger partial charge is 0.237 e. The summed E-state index contributed by atoms with van der Waals surface area (Å²) in [5.74, 6) is 0.142. The van der Waals surface area contributed by atoms with Gasteiger partial charge in [-0.3, -0.25) is 4.79 Å². The molecular formula is C12H22N2O2. The van der Waals surface area contributed by atoms with Crippen LogP contribution in [0, 0.1) is 0 Å². The molecule has 2 aliphatic rings. The van der Waals surface area contributed by atoms with E-state index in [-0.39, 0.29) is 23.7 Å². The van der Waals surface area contributed by atoms with Crippen LogP contribution in [0.15, 0.2) is 0 Å². The Balaban J connectivity index is 1.73. The van der Waals surface area contributed by atoms with Gasteiger partial charge in [-0.15, -0.1) is 0 Å². The lowest BCUT2D eigenvalue weighted by Gasteiger charge is -2.25. The average Bonchev–Trinajstić information content (AvgIpc) is 2.57. The molecule has 0 aliphatic carbocycles. The molecule has 1 amide bonds. The van der Waals surface area contributed by atoms with Crippen molar-refractivity contribution in [3.63, 3.8) is 0 Å². The summed E-state index contributed by atoms with van der Waals surface area (Å²) in [6, 6.07) is -0.0129. The molecular weight excluding hydrogens is 204 g/mol. The second-order valence-corrected chi connectivity index (χ2v) is 5.43. The zero-order chi connectivity index (χ0) is 11.6. The first-order valence-corrected chi connectivity index (χ1v) is 6.26. The number of nitrogens with one attached hydrogen (secondary N) is 2. The van der Waals surface area contributed by atoms with Crippen molar-refractivity contribution in [2.24, 2.45) is 0 Å². The largest absolute Gasteiger partial charge is 0.371 e. The fourth-order valence-corrected chi connectivity index (χ4v) is 2.46. The molecule has 2 aliphatic heterocycles. The van der Waals surface area contributed by atoms with Crippen LogP contribution in [-0.4, -0.2) is 36.7 Å². The second kappa shape index (κ2) is 4.72. The highest BCUT2D eigenvalue weighted by Gasteiger charge is 2.32. The Morgan fingerprint density at radius 2 is 2.31 bits per heavy atom. The molecule has 4 nitrogen and oxygen atoms in total. The molecule has 16 heavy (non-hydrogen) atoms. The third kappa shape index (κ3) is 2.95. The van der Waals surface area contributed by atoms with Crippen LogP contribution in [0.2, 0.25) is 0 Å². The lowest BCUT2D eigenvalue weighted by molar-refractivity contribution is -0.124. The molecule has 0 spiro atoms. The third-order valence-corrected chi connectivity index (χ3v) is 3.43. The van der Waals surface area contributed by atoms with Gasteiger partial charge in [0.15, 0.2) is 0 Å². The standard InChI is InChI=1S/C12H22N2O2/c1-12(2)6-5-9(16-12)8-14-10-4-3-7-13-11(10)15/h9-10,14H,3-8H2,1-2H3,(H,13,15). The van der Waals surface area contributed by atoms with Crippen molar-refractivity contribution in [1.29, 1.82) is 0 Å². The first-order chi connectivity index (χ1) is 7.57. The van der Waals surface area contributed by atoms with Crippen molar-refractivity contribution >= 4 is 5.91 Å². The summed E-state index contributed by atoms with van der Waals surface area (Å²) in [7, 11) is 0. The van der Waals surface area contributed by atoms with Crippen LogP contribution >= 0.6 is 0 Å². The summed E-state index contributed by atoms with van der Waals surface area (Å²) in [4.78, 5) is 11.5. The number of amides is 1. The van der Waals surface area contributed by atoms with Crippen LogP contribution in [0.1, 0.15) is 39.5 Å². The maximum Gasteiger partial charge on any atom is 0.237 e. The zero-order valence-corrected chi connectivity index (χ0v) is 10.2. The predicted octanol–water partition coefficient (Wildman–Crippen LogP) is 0.812. The van der Waals surface area contributed by atoms with Crippen LogP contribution in [0.4, 0.5) is 0 Å². The molecule has 2 saturated heterocycles. The van der Waals surface area contributed by atoms with Crippen molar-refractivity contribution in [3.05, 3.63) is 0 Å². The lowest BCUT2D eigenvalue weighted by Crippen LogP contribution is -2.50. The van der Waals surface area contributed by atoms with Crippen LogP contribution in [0.5, 0.6) is 0 Å². The molecule has 0 aromatic carbocycles. The van der Waals surface area contributed by atoms with E-state index in [1.165, 1.54) is 0 Å². The summed E-state index contributed by atoms with van der Waals surface area (Å²) in [6.07, 6.45) is 4.48. The quantitative estimate of drug-likeness (QED) is 0.749. The molecule has 2 rings (SSSR count). The lowest BCUT2D eigenvalue weighted by atomic mass is 10.0. The van der Waals surface area contributed by atoms with Gasteiger partial charge in [-0.1, -0.05) is 0 Å². The van der Waals surface area contributed by atoms with Gasteiger partial charge in [0.25, 0.3) is 0 Å². The minimum Gasteiger partial charge on any atom is -0.371 e. The molecule has 2 fully saturated rings. The highest BCUT2D eigenvalue weighted by atomic mass is 16.5. The number of rotatable bonds is 3. The number of hydrogen-bond donors (Lipinski definition) is 2. The van der Waals surface area contributed by atoms with E-state index >= 15 is 0 Å². The number of carbonyl (C=O) groups is 1. The molecule has 0 bridgehead atoms. The fraction of sp³-hybridized carbons (Fsp3) is 0.917. The normalized spacial score (nSPS) is 33.8. The Morgan fingerprint density at radius 1 is 1.50 bits per heavy atom. The van der Waals surface area contributed by atoms with E-state index in [1.54, 1.807) is 0 Å². The van der Waals surface area contributed by atoms with Gasteiger partial charge in [0.1, 0.15) is 0 Å². The van der Waals surface area contributed by atoms with E-state index < -0.39 is 0 Å². The van der Waals surface area contributed by atoms with Crippen LogP contribution in [-0.2, 0) is 9.53 Å². The Labute approximate surface area is 97.1 Å². The summed E-state index contributed by atoms with van der Waals surface area (Å²) < 4.78 is 5.88. The van der Waals surface area contributed by atoms with Crippen molar-refractivity contribution < 1.29 is 9.53 Å². The van der Waals surface area contributed by atoms with E-state index in [0.717, 1.165) is 38.8 Å². The topological polar surface area (TPSA) is 50.4 Å². The van der Waals surface area contributed by atoms with Crippen LogP contribution in [0.3, 0.4) is 0 Å². The molecule has 0 aromatic rings. The molecule has 0 radical (unpaired) electrons. The minimum absolute atomic E-state index is 0.0129. The average molecular weight is 226 g/mol. The van der Waals surface area contributed by atoms with E-state index in [4.69, 9.17) is 4.74 Å². The highest BCUT2D eigenvalue weighted by Crippen LogP contribution is 2.28. The van der Waals surface area contributed by atoms with E-state index in [1.807, 2.05) is 0 Å². The molecule has 0 aromatic heterocycles. The first kappa shape index (κ1) is 11.9. The maximum absolute atomic E-state index is 11.5. The molecule has 4 heteroatoms. The van der Waals surface area contributed by atoms with Crippen molar-refractivity contribution in [2.45, 2.75) is 57.3 Å². The van der Waals surface area contributed by atoms with Crippen molar-refractivity contribution in [3.8, 4) is 0 Å². The molecule has 0 saturated carbocycles. The Hall–Kier alpha value is -0.610. The van der Waals surface area contributed by atoms with Crippen LogP contribution in [0.25, 0.3) is 0 Å². The summed E-state index contributed by atoms with van der Waals surface area (Å²) in [6.45, 7) is 5.87. The predicted molar refractivity (Wildman–Crippen MR) is 62.2 cm³/mol. The van der Waals surface area contributed by atoms with Crippen LogP contribution < -0.4 is 10.6 Å². The Bertz CT molecular complexity index is 266. The third-order valence-electron chi connectivity index (χ3n) is 3.43. The number of ether oxygens (including phenoxy) is 1. The summed E-state index contributed by atoms with van der Waals surface area (Å²) in [5.41, 5.74) is 0.0151. The molecule has 2 unspecified atom stereocenters. The Morgan fingerprint density at radius 3 is 2.94 bits per heavy atom. The first-order valence-electron chi connectivity index (χ1n) is 6.26.